The number of amides is 1. The molecule has 0 unspecified atom stereocenters. The van der Waals surface area contributed by atoms with E-state index < -0.39 is 30.1 Å². The number of esters is 1. The highest BCUT2D eigenvalue weighted by molar-refractivity contribution is 6.10. The highest BCUT2D eigenvalue weighted by Crippen LogP contribution is 2.40. The molecule has 3 rings (SSSR count). The molecule has 0 bridgehead atoms. The summed E-state index contributed by atoms with van der Waals surface area (Å²) in [5.74, 6) is -1.09. The van der Waals surface area contributed by atoms with Gasteiger partial charge in [-0.25, -0.2) is 4.79 Å². The maximum absolute atomic E-state index is 13.1. The predicted molar refractivity (Wildman–Crippen MR) is 91.3 cm³/mol. The first-order valence-electron chi connectivity index (χ1n) is 7.86. The molecule has 0 aromatic heterocycles. The van der Waals surface area contributed by atoms with Crippen LogP contribution in [-0.4, -0.2) is 43.3 Å². The third-order valence-electron chi connectivity index (χ3n) is 4.35. The molecule has 6 heteroatoms. The molecule has 0 saturated carbocycles. The SMILES string of the molecule is COC(=O)[C@@H]1[C@@H](O)[C@H](OC)c2ccccc2N1C(=O)c1ccccc1. The molecule has 0 fully saturated rings. The summed E-state index contributed by atoms with van der Waals surface area (Å²) in [5, 5.41) is 10.7. The molecule has 25 heavy (non-hydrogen) atoms. The van der Waals surface area contributed by atoms with Crippen molar-refractivity contribution in [3.05, 3.63) is 65.7 Å². The van der Waals surface area contributed by atoms with Gasteiger partial charge in [-0.15, -0.1) is 0 Å². The lowest BCUT2D eigenvalue weighted by atomic mass is 9.89. The van der Waals surface area contributed by atoms with Crippen molar-refractivity contribution < 1.29 is 24.2 Å². The number of benzene rings is 2. The number of para-hydroxylation sites is 1. The summed E-state index contributed by atoms with van der Waals surface area (Å²) in [4.78, 5) is 26.8. The fraction of sp³-hybridized carbons (Fsp3) is 0.263. The van der Waals surface area contributed by atoms with Crippen LogP contribution in [0.5, 0.6) is 0 Å². The van der Waals surface area contributed by atoms with Gasteiger partial charge in [0.25, 0.3) is 5.91 Å². The van der Waals surface area contributed by atoms with Crippen molar-refractivity contribution in [3.8, 4) is 0 Å². The monoisotopic (exact) mass is 341 g/mol. The van der Waals surface area contributed by atoms with E-state index in [9.17, 15) is 14.7 Å². The van der Waals surface area contributed by atoms with E-state index in [-0.39, 0.29) is 0 Å². The number of fused-ring (bicyclic) bond motifs is 1. The topological polar surface area (TPSA) is 76.1 Å². The largest absolute Gasteiger partial charge is 0.467 e. The van der Waals surface area contributed by atoms with E-state index in [4.69, 9.17) is 9.47 Å². The Hall–Kier alpha value is -2.70. The van der Waals surface area contributed by atoms with E-state index in [1.54, 1.807) is 54.6 Å². The summed E-state index contributed by atoms with van der Waals surface area (Å²) in [5.41, 5.74) is 1.57. The Morgan fingerprint density at radius 2 is 1.64 bits per heavy atom. The molecule has 6 nitrogen and oxygen atoms in total. The van der Waals surface area contributed by atoms with Gasteiger partial charge in [0.1, 0.15) is 12.2 Å². The van der Waals surface area contributed by atoms with Gasteiger partial charge in [0.15, 0.2) is 6.04 Å². The number of rotatable bonds is 3. The van der Waals surface area contributed by atoms with Crippen LogP contribution in [0.2, 0.25) is 0 Å². The first kappa shape index (κ1) is 17.1. The Balaban J connectivity index is 2.17. The van der Waals surface area contributed by atoms with Crippen molar-refractivity contribution in [1.29, 1.82) is 0 Å². The maximum Gasteiger partial charge on any atom is 0.331 e. The minimum absolute atomic E-state index is 0.392. The average Bonchev–Trinajstić information content (AvgIpc) is 2.66. The summed E-state index contributed by atoms with van der Waals surface area (Å²) >= 11 is 0. The van der Waals surface area contributed by atoms with Crippen LogP contribution in [0.15, 0.2) is 54.6 Å². The standard InChI is InChI=1S/C19H19NO5/c1-24-17-13-10-6-7-11-14(13)20(15(16(17)21)19(23)25-2)18(22)12-8-4-3-5-9-12/h3-11,15-17,21H,1-2H3/t15-,16+,17+/m0/s1. The molecule has 0 aliphatic carbocycles. The zero-order valence-corrected chi connectivity index (χ0v) is 14.0. The maximum atomic E-state index is 13.1. The molecule has 1 N–H and O–H groups in total. The van der Waals surface area contributed by atoms with Gasteiger partial charge in [0, 0.05) is 18.2 Å². The van der Waals surface area contributed by atoms with Crippen molar-refractivity contribution in [2.75, 3.05) is 19.1 Å². The van der Waals surface area contributed by atoms with Crippen LogP contribution < -0.4 is 4.90 Å². The third-order valence-corrected chi connectivity index (χ3v) is 4.35. The summed E-state index contributed by atoms with van der Waals surface area (Å²) < 4.78 is 10.2. The number of carbonyl (C=O) groups excluding carboxylic acids is 2. The van der Waals surface area contributed by atoms with E-state index >= 15 is 0 Å². The zero-order valence-electron chi connectivity index (χ0n) is 14.0. The second kappa shape index (κ2) is 7.04. The highest BCUT2D eigenvalue weighted by atomic mass is 16.5. The summed E-state index contributed by atoms with van der Waals surface area (Å²) in [6, 6.07) is 14.5. The molecule has 0 radical (unpaired) electrons. The quantitative estimate of drug-likeness (QED) is 0.864. The zero-order chi connectivity index (χ0) is 18.0. The van der Waals surface area contributed by atoms with Crippen molar-refractivity contribution in [2.24, 2.45) is 0 Å². The Labute approximate surface area is 145 Å². The van der Waals surface area contributed by atoms with E-state index in [0.29, 0.717) is 16.8 Å². The summed E-state index contributed by atoms with van der Waals surface area (Å²) in [6.07, 6.45) is -1.99. The average molecular weight is 341 g/mol. The lowest BCUT2D eigenvalue weighted by Crippen LogP contribution is -2.57. The van der Waals surface area contributed by atoms with E-state index in [2.05, 4.69) is 0 Å². The normalized spacial score (nSPS) is 22.2. The summed E-state index contributed by atoms with van der Waals surface area (Å²) in [6.45, 7) is 0. The molecular weight excluding hydrogens is 322 g/mol. The van der Waals surface area contributed by atoms with Gasteiger partial charge in [-0.1, -0.05) is 36.4 Å². The highest BCUT2D eigenvalue weighted by Gasteiger charge is 2.47. The number of aliphatic hydroxyl groups excluding tert-OH is 1. The minimum atomic E-state index is -1.25. The van der Waals surface area contributed by atoms with Crippen molar-refractivity contribution in [2.45, 2.75) is 18.2 Å². The van der Waals surface area contributed by atoms with Crippen LogP contribution in [0.4, 0.5) is 5.69 Å². The van der Waals surface area contributed by atoms with Gasteiger partial charge >= 0.3 is 5.97 Å². The smallest absolute Gasteiger partial charge is 0.331 e. The van der Waals surface area contributed by atoms with Crippen molar-refractivity contribution in [3.63, 3.8) is 0 Å². The second-order valence-corrected chi connectivity index (χ2v) is 5.71. The third kappa shape index (κ3) is 2.90. The van der Waals surface area contributed by atoms with Gasteiger partial charge in [0.05, 0.1) is 12.8 Å². The Morgan fingerprint density at radius 1 is 1.00 bits per heavy atom. The van der Waals surface area contributed by atoms with Gasteiger partial charge in [0.2, 0.25) is 0 Å². The van der Waals surface area contributed by atoms with Crippen LogP contribution in [0.25, 0.3) is 0 Å². The lowest BCUT2D eigenvalue weighted by molar-refractivity contribution is -0.148. The number of carbonyl (C=O) groups is 2. The molecule has 2 aromatic carbocycles. The molecule has 0 spiro atoms. The number of aliphatic hydroxyl groups is 1. The molecule has 1 aliphatic heterocycles. The van der Waals surface area contributed by atoms with Gasteiger partial charge in [-0.3, -0.25) is 9.69 Å². The molecule has 0 saturated heterocycles. The predicted octanol–water partition coefficient (Wildman–Crippen LogP) is 1.94. The number of anilines is 1. The molecule has 2 aromatic rings. The van der Waals surface area contributed by atoms with Crippen LogP contribution >= 0.6 is 0 Å². The molecule has 3 atom stereocenters. The van der Waals surface area contributed by atoms with Gasteiger partial charge in [-0.05, 0) is 18.2 Å². The molecule has 1 aliphatic rings. The number of methoxy groups -OCH3 is 2. The Kier molecular flexibility index (Phi) is 4.83. The molecule has 1 amide bonds. The van der Waals surface area contributed by atoms with E-state index in [0.717, 1.165) is 0 Å². The first-order chi connectivity index (χ1) is 12.1. The number of hydrogen-bond acceptors (Lipinski definition) is 5. The lowest BCUT2D eigenvalue weighted by Gasteiger charge is -2.42. The van der Waals surface area contributed by atoms with Gasteiger partial charge in [-0.2, -0.15) is 0 Å². The molecule has 1 heterocycles. The van der Waals surface area contributed by atoms with Crippen LogP contribution in [0.1, 0.15) is 22.0 Å². The van der Waals surface area contributed by atoms with Crippen LogP contribution in [0.3, 0.4) is 0 Å². The minimum Gasteiger partial charge on any atom is -0.467 e. The number of hydrogen-bond donors (Lipinski definition) is 1. The van der Waals surface area contributed by atoms with Crippen molar-refractivity contribution in [1.82, 2.24) is 0 Å². The van der Waals surface area contributed by atoms with E-state index in [1.165, 1.54) is 19.1 Å². The molecular formula is C19H19NO5. The fourth-order valence-electron chi connectivity index (χ4n) is 3.19. The second-order valence-electron chi connectivity index (χ2n) is 5.71. The van der Waals surface area contributed by atoms with Crippen LogP contribution in [0, 0.1) is 0 Å². The number of nitrogens with zero attached hydrogens (tertiary/aromatic N) is 1. The Morgan fingerprint density at radius 3 is 2.28 bits per heavy atom. The van der Waals surface area contributed by atoms with Gasteiger partial charge < -0.3 is 14.6 Å². The fourth-order valence-corrected chi connectivity index (χ4v) is 3.19. The van der Waals surface area contributed by atoms with Crippen LogP contribution in [-0.2, 0) is 14.3 Å². The van der Waals surface area contributed by atoms with E-state index in [1.807, 2.05) is 0 Å². The Bertz CT molecular complexity index is 776. The first-order valence-corrected chi connectivity index (χ1v) is 7.86. The van der Waals surface area contributed by atoms with Crippen molar-refractivity contribution >= 4 is 17.6 Å². The molecule has 130 valence electrons. The summed E-state index contributed by atoms with van der Waals surface area (Å²) in [7, 11) is 2.68. The number of ether oxygens (including phenoxy) is 2.